The van der Waals surface area contributed by atoms with Crippen LogP contribution in [0.1, 0.15) is 33.0 Å². The molecule has 1 atom stereocenters. The fourth-order valence-electron chi connectivity index (χ4n) is 2.46. The Kier molecular flexibility index (Phi) is 2.40. The minimum absolute atomic E-state index is 0.0490. The number of benzene rings is 1. The van der Waals surface area contributed by atoms with Crippen LogP contribution in [0.5, 0.6) is 0 Å². The van der Waals surface area contributed by atoms with Crippen molar-refractivity contribution in [3.8, 4) is 0 Å². The molecule has 18 heavy (non-hydrogen) atoms. The lowest BCUT2D eigenvalue weighted by atomic mass is 9.74. The fourth-order valence-corrected chi connectivity index (χ4v) is 2.46. The van der Waals surface area contributed by atoms with Crippen LogP contribution in [-0.4, -0.2) is 10.8 Å². The lowest BCUT2D eigenvalue weighted by Crippen LogP contribution is -2.26. The van der Waals surface area contributed by atoms with Gasteiger partial charge in [-0.25, -0.2) is 4.98 Å². The number of ketones is 1. The number of aromatic nitrogens is 1. The van der Waals surface area contributed by atoms with E-state index in [2.05, 4.69) is 11.1 Å². The monoisotopic (exact) mass is 238 g/mol. The van der Waals surface area contributed by atoms with Crippen molar-refractivity contribution in [3.05, 3.63) is 58.8 Å². The van der Waals surface area contributed by atoms with Gasteiger partial charge in [-0.1, -0.05) is 24.3 Å². The van der Waals surface area contributed by atoms with Crippen LogP contribution in [0.2, 0.25) is 0 Å². The van der Waals surface area contributed by atoms with Gasteiger partial charge in [0.1, 0.15) is 5.82 Å². The normalized spacial score (nSPS) is 16.8. The van der Waals surface area contributed by atoms with E-state index in [-0.39, 0.29) is 11.7 Å². The van der Waals surface area contributed by atoms with Crippen LogP contribution in [0, 0.1) is 6.92 Å². The predicted octanol–water partition coefficient (Wildman–Crippen LogP) is 2.49. The highest BCUT2D eigenvalue weighted by atomic mass is 16.1. The van der Waals surface area contributed by atoms with Crippen molar-refractivity contribution in [1.82, 2.24) is 4.98 Å². The summed E-state index contributed by atoms with van der Waals surface area (Å²) in [4.78, 5) is 16.5. The number of nitrogen functional groups attached to an aromatic ring is 1. The second-order valence-electron chi connectivity index (χ2n) is 4.77. The first-order valence-electron chi connectivity index (χ1n) is 6.01. The molecular formula is C15H14N2O. The molecule has 0 bridgehead atoms. The molecular weight excluding hydrogens is 224 g/mol. The molecule has 0 saturated heterocycles. The minimum Gasteiger partial charge on any atom is -0.383 e. The number of carbonyl (C=O) groups is 1. The van der Waals surface area contributed by atoms with Gasteiger partial charge in [0.25, 0.3) is 0 Å². The summed E-state index contributed by atoms with van der Waals surface area (Å²) in [6.45, 7) is 1.91. The molecule has 3 rings (SSSR count). The molecule has 2 aromatic rings. The van der Waals surface area contributed by atoms with Gasteiger partial charge >= 0.3 is 0 Å². The van der Waals surface area contributed by atoms with Gasteiger partial charge in [-0.3, -0.25) is 4.79 Å². The van der Waals surface area contributed by atoms with Gasteiger partial charge in [0.05, 0.1) is 11.5 Å². The van der Waals surface area contributed by atoms with Crippen LogP contribution in [0.3, 0.4) is 0 Å². The third-order valence-electron chi connectivity index (χ3n) is 3.49. The molecule has 0 amide bonds. The van der Waals surface area contributed by atoms with Gasteiger partial charge in [0.15, 0.2) is 5.78 Å². The maximum atomic E-state index is 12.4. The van der Waals surface area contributed by atoms with Crippen LogP contribution in [-0.2, 0) is 6.42 Å². The zero-order chi connectivity index (χ0) is 12.7. The number of fused-ring (bicyclic) bond motifs is 1. The number of Topliss-reactive ketones (excluding diaryl/α,β-unsaturated/α-hetero) is 1. The molecule has 0 saturated carbocycles. The predicted molar refractivity (Wildman–Crippen MR) is 70.6 cm³/mol. The molecule has 0 aliphatic heterocycles. The summed E-state index contributed by atoms with van der Waals surface area (Å²) < 4.78 is 0. The molecule has 1 aromatic carbocycles. The number of carbonyl (C=O) groups excluding carboxylic acids is 1. The van der Waals surface area contributed by atoms with E-state index in [0.717, 1.165) is 17.5 Å². The maximum absolute atomic E-state index is 12.4. The van der Waals surface area contributed by atoms with Crippen LogP contribution in [0.25, 0.3) is 0 Å². The van der Waals surface area contributed by atoms with Crippen LogP contribution < -0.4 is 5.73 Å². The molecule has 1 aliphatic carbocycles. The van der Waals surface area contributed by atoms with E-state index >= 15 is 0 Å². The molecule has 2 N–H and O–H groups in total. The fraction of sp³-hybridized carbons (Fsp3) is 0.200. The molecule has 0 fully saturated rings. The van der Waals surface area contributed by atoms with E-state index in [4.69, 9.17) is 5.73 Å². The number of rotatable bonds is 2. The molecule has 0 spiro atoms. The Morgan fingerprint density at radius 1 is 1.39 bits per heavy atom. The number of nitrogens with zero attached hydrogens (tertiary/aromatic N) is 1. The highest BCUT2D eigenvalue weighted by molar-refractivity contribution is 6.05. The van der Waals surface area contributed by atoms with Crippen molar-refractivity contribution in [2.24, 2.45) is 0 Å². The van der Waals surface area contributed by atoms with E-state index in [9.17, 15) is 4.79 Å². The average molecular weight is 238 g/mol. The highest BCUT2D eigenvalue weighted by Gasteiger charge is 2.33. The van der Waals surface area contributed by atoms with E-state index in [0.29, 0.717) is 11.4 Å². The Balaban J connectivity index is 1.96. The van der Waals surface area contributed by atoms with Crippen molar-refractivity contribution in [3.63, 3.8) is 0 Å². The Bertz CT molecular complexity index is 634. The first-order chi connectivity index (χ1) is 8.66. The molecule has 1 aromatic heterocycles. The van der Waals surface area contributed by atoms with Crippen molar-refractivity contribution in [2.75, 3.05) is 5.73 Å². The first kappa shape index (κ1) is 11.0. The largest absolute Gasteiger partial charge is 0.383 e. The van der Waals surface area contributed by atoms with Gasteiger partial charge in [-0.2, -0.15) is 0 Å². The van der Waals surface area contributed by atoms with Crippen LogP contribution >= 0.6 is 0 Å². The van der Waals surface area contributed by atoms with Crippen molar-refractivity contribution < 1.29 is 4.79 Å². The van der Waals surface area contributed by atoms with E-state index < -0.39 is 0 Å². The lowest BCUT2D eigenvalue weighted by molar-refractivity contribution is 0.0949. The van der Waals surface area contributed by atoms with Crippen LogP contribution in [0.4, 0.5) is 5.82 Å². The number of hydrogen-bond acceptors (Lipinski definition) is 3. The summed E-state index contributed by atoms with van der Waals surface area (Å²) >= 11 is 0. The average Bonchev–Trinajstić information content (AvgIpc) is 2.33. The number of anilines is 1. The summed E-state index contributed by atoms with van der Waals surface area (Å²) in [5.74, 6) is 0.365. The van der Waals surface area contributed by atoms with Crippen molar-refractivity contribution >= 4 is 11.6 Å². The molecule has 1 heterocycles. The zero-order valence-electron chi connectivity index (χ0n) is 10.2. The number of nitrogens with two attached hydrogens (primary N) is 1. The first-order valence-corrected chi connectivity index (χ1v) is 6.01. The zero-order valence-corrected chi connectivity index (χ0v) is 10.2. The molecule has 3 heteroatoms. The third kappa shape index (κ3) is 1.59. The SMILES string of the molecule is Cc1cnc(N)c(C(=O)C2Cc3ccccc32)c1. The Hall–Kier alpha value is -2.16. The Labute approximate surface area is 106 Å². The summed E-state index contributed by atoms with van der Waals surface area (Å²) in [5.41, 5.74) is 9.69. The van der Waals surface area contributed by atoms with E-state index in [1.807, 2.05) is 31.2 Å². The minimum atomic E-state index is -0.0490. The Morgan fingerprint density at radius 2 is 2.17 bits per heavy atom. The van der Waals surface area contributed by atoms with Gasteiger partial charge in [0.2, 0.25) is 0 Å². The number of aryl methyl sites for hydroxylation is 1. The second-order valence-corrected chi connectivity index (χ2v) is 4.77. The summed E-state index contributed by atoms with van der Waals surface area (Å²) in [5, 5.41) is 0. The molecule has 1 unspecified atom stereocenters. The van der Waals surface area contributed by atoms with Crippen LogP contribution in [0.15, 0.2) is 36.5 Å². The number of hydrogen-bond donors (Lipinski definition) is 1. The molecule has 90 valence electrons. The summed E-state index contributed by atoms with van der Waals surface area (Å²) in [6, 6.07) is 9.88. The third-order valence-corrected chi connectivity index (χ3v) is 3.49. The standard InChI is InChI=1S/C15H14N2O/c1-9-6-13(15(16)17-8-9)14(18)12-7-10-4-2-3-5-11(10)12/h2-6,8,12H,7H2,1H3,(H2,16,17). The molecule has 1 aliphatic rings. The quantitative estimate of drug-likeness (QED) is 0.818. The number of pyridine rings is 1. The topological polar surface area (TPSA) is 56.0 Å². The maximum Gasteiger partial charge on any atom is 0.174 e. The van der Waals surface area contributed by atoms with Crippen molar-refractivity contribution in [1.29, 1.82) is 0 Å². The Morgan fingerprint density at radius 3 is 2.94 bits per heavy atom. The molecule has 0 radical (unpaired) electrons. The highest BCUT2D eigenvalue weighted by Crippen LogP contribution is 2.37. The smallest absolute Gasteiger partial charge is 0.174 e. The second kappa shape index (κ2) is 3.95. The van der Waals surface area contributed by atoms with Gasteiger partial charge in [0, 0.05) is 6.20 Å². The van der Waals surface area contributed by atoms with Gasteiger partial charge in [-0.05, 0) is 36.1 Å². The van der Waals surface area contributed by atoms with Gasteiger partial charge in [-0.15, -0.1) is 0 Å². The summed E-state index contributed by atoms with van der Waals surface area (Å²) in [7, 11) is 0. The van der Waals surface area contributed by atoms with Crippen molar-refractivity contribution in [2.45, 2.75) is 19.3 Å². The van der Waals surface area contributed by atoms with E-state index in [1.165, 1.54) is 5.56 Å². The summed E-state index contributed by atoms with van der Waals surface area (Å²) in [6.07, 6.45) is 2.49. The van der Waals surface area contributed by atoms with E-state index in [1.54, 1.807) is 6.20 Å². The molecule has 3 nitrogen and oxygen atoms in total. The van der Waals surface area contributed by atoms with Gasteiger partial charge < -0.3 is 5.73 Å². The lowest BCUT2D eigenvalue weighted by Gasteiger charge is -2.29.